The molecule has 0 N–H and O–H groups in total. The van der Waals surface area contributed by atoms with Crippen molar-refractivity contribution in [2.45, 2.75) is 98.6 Å². The molecular formula is C61H65N3PtSi2. The molecule has 67 heavy (non-hydrogen) atoms. The zero-order chi connectivity index (χ0) is 46.9. The normalized spacial score (nSPS) is 11.9. The van der Waals surface area contributed by atoms with Gasteiger partial charge in [0, 0.05) is 18.0 Å². The summed E-state index contributed by atoms with van der Waals surface area (Å²) < 4.78 is 0. The molecule has 8 aromatic rings. The molecule has 0 fully saturated rings. The number of hydrogen-bond donors (Lipinski definition) is 0. The summed E-state index contributed by atoms with van der Waals surface area (Å²) in [5, 5.41) is 2.67. The Morgan fingerprint density at radius 2 is 0.881 bits per heavy atom. The summed E-state index contributed by atoms with van der Waals surface area (Å²) in [4.78, 5) is 12.8. The summed E-state index contributed by atoms with van der Waals surface area (Å²) >= 11 is 0. The van der Waals surface area contributed by atoms with Crippen LogP contribution < -0.4 is 15.3 Å². The van der Waals surface area contributed by atoms with Crippen LogP contribution in [0.2, 0.25) is 39.3 Å². The summed E-state index contributed by atoms with van der Waals surface area (Å²) in [7, 11) is -3.18. The van der Waals surface area contributed by atoms with Gasteiger partial charge < -0.3 is 14.9 Å². The summed E-state index contributed by atoms with van der Waals surface area (Å²) in [6, 6.07) is 61.5. The Bertz CT molecular complexity index is 2940. The summed E-state index contributed by atoms with van der Waals surface area (Å²) in [5.41, 5.74) is 17.5. The van der Waals surface area contributed by atoms with Gasteiger partial charge in [-0.15, -0.1) is 47.5 Å². The number of aromatic nitrogens is 2. The summed E-state index contributed by atoms with van der Waals surface area (Å²) in [6.45, 7) is 28.0. The molecule has 6 heteroatoms. The third kappa shape index (κ3) is 10.8. The van der Waals surface area contributed by atoms with Crippen molar-refractivity contribution >= 4 is 43.6 Å². The van der Waals surface area contributed by atoms with E-state index in [2.05, 4.69) is 256 Å². The first-order valence-electron chi connectivity index (χ1n) is 23.7. The van der Waals surface area contributed by atoms with E-state index in [1.807, 2.05) is 0 Å². The standard InChI is InChI=1S/C61H65N3Si2.Pt/c1-41(2)53-23-16-17-24-56(53)45-33-46(58-31-29-51(39-62-58)65(7,8)9)36-49(35-45)64(60-28-19-18-25-57(60)44-21-14-13-15-22-44)50-37-47(59-32-30-52(40-63-59)66(10,11)12)34-48(38-50)61-54(42(3)4)26-20-27-55(61)43(5)6;/h13-35,38-43H,1-12H3;/q-2;+2. The molecule has 3 nitrogen and oxygen atoms in total. The van der Waals surface area contributed by atoms with E-state index in [1.54, 1.807) is 0 Å². The molecule has 0 saturated carbocycles. The van der Waals surface area contributed by atoms with Gasteiger partial charge in [0.05, 0.1) is 21.8 Å². The Labute approximate surface area is 418 Å². The van der Waals surface area contributed by atoms with E-state index in [0.717, 1.165) is 61.8 Å². The molecule has 0 saturated heterocycles. The van der Waals surface area contributed by atoms with E-state index in [4.69, 9.17) is 9.97 Å². The monoisotopic (exact) mass is 1090 g/mol. The summed E-state index contributed by atoms with van der Waals surface area (Å²) in [5.74, 6) is 0.949. The van der Waals surface area contributed by atoms with E-state index < -0.39 is 16.1 Å². The Balaban J connectivity index is 0.00000666. The third-order valence-corrected chi connectivity index (χ3v) is 16.8. The predicted octanol–water partition coefficient (Wildman–Crippen LogP) is 16.3. The topological polar surface area (TPSA) is 29.0 Å². The quantitative estimate of drug-likeness (QED) is 0.0851. The van der Waals surface area contributed by atoms with E-state index in [0.29, 0.717) is 17.8 Å². The van der Waals surface area contributed by atoms with Crippen LogP contribution in [0.1, 0.15) is 76.0 Å². The average Bonchev–Trinajstić information content (AvgIpc) is 3.31. The van der Waals surface area contributed by atoms with E-state index >= 15 is 0 Å². The Morgan fingerprint density at radius 1 is 0.433 bits per heavy atom. The van der Waals surface area contributed by atoms with Crippen LogP contribution in [0, 0.1) is 12.1 Å². The molecule has 0 aliphatic heterocycles. The minimum atomic E-state index is -1.60. The molecule has 8 rings (SSSR count). The second kappa shape index (κ2) is 20.4. The Hall–Kier alpha value is -5.46. The van der Waals surface area contributed by atoms with Gasteiger partial charge in [0.25, 0.3) is 0 Å². The Kier molecular flexibility index (Phi) is 15.1. The number of anilines is 3. The number of para-hydroxylation sites is 1. The first-order valence-corrected chi connectivity index (χ1v) is 30.7. The van der Waals surface area contributed by atoms with Crippen LogP contribution >= 0.6 is 0 Å². The largest absolute Gasteiger partial charge is 2.00 e. The van der Waals surface area contributed by atoms with Crippen molar-refractivity contribution in [3.8, 4) is 55.9 Å². The molecule has 0 aliphatic carbocycles. The number of pyridine rings is 2. The molecule has 0 atom stereocenters. The molecule has 0 aliphatic rings. The Morgan fingerprint density at radius 3 is 1.37 bits per heavy atom. The fourth-order valence-corrected chi connectivity index (χ4v) is 11.1. The van der Waals surface area contributed by atoms with Crippen molar-refractivity contribution in [3.63, 3.8) is 0 Å². The van der Waals surface area contributed by atoms with Crippen molar-refractivity contribution < 1.29 is 21.1 Å². The van der Waals surface area contributed by atoms with Gasteiger partial charge in [-0.3, -0.25) is 0 Å². The second-order valence-corrected chi connectivity index (χ2v) is 30.9. The molecule has 342 valence electrons. The van der Waals surface area contributed by atoms with E-state index in [1.165, 1.54) is 38.2 Å². The van der Waals surface area contributed by atoms with Gasteiger partial charge in [-0.05, 0) is 90.3 Å². The van der Waals surface area contributed by atoms with Gasteiger partial charge in [-0.2, -0.15) is 0 Å². The molecule has 0 radical (unpaired) electrons. The van der Waals surface area contributed by atoms with Gasteiger partial charge in [-0.25, -0.2) is 0 Å². The van der Waals surface area contributed by atoms with Crippen molar-refractivity contribution in [1.29, 1.82) is 0 Å². The first-order chi connectivity index (χ1) is 31.5. The molecule has 2 aromatic heterocycles. The fraction of sp³-hybridized carbons (Fsp3) is 0.246. The SMILES string of the molecule is CC(C)c1ccccc1-c1cc(-c2ccc([Si](C)(C)C)cn2)[c-]c(N(c2[c-]c(-c3ccc([Si](C)(C)C)cn3)cc(-c3c(C(C)C)cccc3C(C)C)c2)c2ccccc2-c2ccccc2)c1.[Pt+2]. The first kappa shape index (κ1) is 49.4. The average molecular weight is 1090 g/mol. The van der Waals surface area contributed by atoms with Crippen molar-refractivity contribution in [2.75, 3.05) is 4.90 Å². The molecular weight excluding hydrogens is 1030 g/mol. The van der Waals surface area contributed by atoms with Gasteiger partial charge in [0.15, 0.2) is 0 Å². The summed E-state index contributed by atoms with van der Waals surface area (Å²) in [6.07, 6.45) is 4.19. The van der Waals surface area contributed by atoms with Crippen LogP contribution in [0.15, 0.2) is 158 Å². The maximum atomic E-state index is 5.21. The van der Waals surface area contributed by atoms with Crippen molar-refractivity contribution in [2.24, 2.45) is 0 Å². The molecule has 6 aromatic carbocycles. The van der Waals surface area contributed by atoms with Gasteiger partial charge in [-0.1, -0.05) is 207 Å². The minimum Gasteiger partial charge on any atom is -0.346 e. The molecule has 0 unspecified atom stereocenters. The zero-order valence-electron chi connectivity index (χ0n) is 41.4. The van der Waals surface area contributed by atoms with Crippen LogP contribution in [0.25, 0.3) is 55.9 Å². The molecule has 0 bridgehead atoms. The van der Waals surface area contributed by atoms with Crippen molar-refractivity contribution in [1.82, 2.24) is 9.97 Å². The van der Waals surface area contributed by atoms with Crippen LogP contribution in [0.5, 0.6) is 0 Å². The van der Waals surface area contributed by atoms with E-state index in [9.17, 15) is 0 Å². The van der Waals surface area contributed by atoms with Crippen molar-refractivity contribution in [3.05, 3.63) is 187 Å². The van der Waals surface area contributed by atoms with Crippen LogP contribution in [-0.4, -0.2) is 26.1 Å². The third-order valence-electron chi connectivity index (χ3n) is 12.8. The molecule has 2 heterocycles. The smallest absolute Gasteiger partial charge is 0.346 e. The minimum absolute atomic E-state index is 0. The molecule has 0 spiro atoms. The van der Waals surface area contributed by atoms with Crippen LogP contribution in [0.4, 0.5) is 17.1 Å². The number of benzene rings is 6. The maximum Gasteiger partial charge on any atom is 2.00 e. The zero-order valence-corrected chi connectivity index (χ0v) is 45.7. The second-order valence-electron chi connectivity index (χ2n) is 20.8. The number of rotatable bonds is 13. The van der Waals surface area contributed by atoms with E-state index in [-0.39, 0.29) is 21.1 Å². The number of hydrogen-bond acceptors (Lipinski definition) is 3. The maximum absolute atomic E-state index is 5.21. The van der Waals surface area contributed by atoms with Gasteiger partial charge >= 0.3 is 21.1 Å². The van der Waals surface area contributed by atoms with Crippen LogP contribution in [0.3, 0.4) is 0 Å². The number of nitrogens with zero attached hydrogens (tertiary/aromatic N) is 3. The predicted molar refractivity (Wildman–Crippen MR) is 290 cm³/mol. The van der Waals surface area contributed by atoms with Gasteiger partial charge in [0.2, 0.25) is 0 Å². The molecule has 0 amide bonds. The van der Waals surface area contributed by atoms with Gasteiger partial charge in [0.1, 0.15) is 0 Å². The van der Waals surface area contributed by atoms with Crippen LogP contribution in [-0.2, 0) is 21.1 Å². The fourth-order valence-electron chi connectivity index (χ4n) is 8.99.